The predicted molar refractivity (Wildman–Crippen MR) is 116 cm³/mol. The molecule has 4 rings (SSSR count). The number of ether oxygens (including phenoxy) is 1. The Morgan fingerprint density at radius 1 is 1.50 bits per heavy atom. The van der Waals surface area contributed by atoms with Crippen molar-refractivity contribution in [1.82, 2.24) is 25.4 Å². The van der Waals surface area contributed by atoms with Gasteiger partial charge in [0, 0.05) is 28.6 Å². The van der Waals surface area contributed by atoms with E-state index in [1.165, 1.54) is 33.8 Å². The Kier molecular flexibility index (Phi) is 6.24. The Labute approximate surface area is 192 Å². The number of hydrogen-bond donors (Lipinski definition) is 5. The van der Waals surface area contributed by atoms with Crippen LogP contribution >= 0.6 is 34.9 Å². The Balaban J connectivity index is 1.49. The SMILES string of the molecule is Nc1nc(/C(=N/O)C(=O)N[C@@H]2C(=O)N3C(OC(=O)O)=C(SCc4cn[nH]c4)CS[C@@H]23)cs1. The van der Waals surface area contributed by atoms with Crippen molar-refractivity contribution in [2.45, 2.75) is 17.2 Å². The third-order valence-corrected chi connectivity index (χ3v) is 7.69. The monoisotopic (exact) mass is 497 g/mol. The van der Waals surface area contributed by atoms with Crippen LogP contribution in [0.15, 0.2) is 33.7 Å². The Bertz CT molecular complexity index is 1120. The summed E-state index contributed by atoms with van der Waals surface area (Å²) < 4.78 is 4.92. The standard InChI is InChI=1S/C16H15N7O6S3/c17-15-20-7(4-32-15)9(22-28)11(24)21-10-12(25)23-13(29-16(26)27)8(5-31-14(10)23)30-3-6-1-18-19-2-6/h1-2,4,10,14,28H,3,5H2,(H2,17,20)(H,18,19)(H,21,24)(H,26,27)/b22-9-/t10-,14+/m1/s1. The molecule has 6 N–H and O–H groups in total. The summed E-state index contributed by atoms with van der Waals surface area (Å²) in [6.45, 7) is 0. The summed E-state index contributed by atoms with van der Waals surface area (Å²) in [5, 5.41) is 31.4. The van der Waals surface area contributed by atoms with Crippen molar-refractivity contribution < 1.29 is 29.4 Å². The van der Waals surface area contributed by atoms with Gasteiger partial charge in [0.2, 0.25) is 5.88 Å². The smallest absolute Gasteiger partial charge is 0.449 e. The number of nitrogens with two attached hydrogens (primary N) is 1. The van der Waals surface area contributed by atoms with Crippen LogP contribution in [-0.4, -0.2) is 71.2 Å². The Morgan fingerprint density at radius 3 is 2.94 bits per heavy atom. The van der Waals surface area contributed by atoms with Gasteiger partial charge in [0.15, 0.2) is 10.8 Å². The zero-order valence-corrected chi connectivity index (χ0v) is 18.4. The van der Waals surface area contributed by atoms with Crippen molar-refractivity contribution in [2.75, 3.05) is 11.5 Å². The van der Waals surface area contributed by atoms with Gasteiger partial charge in [0.25, 0.3) is 11.8 Å². The van der Waals surface area contributed by atoms with E-state index in [2.05, 4.69) is 25.7 Å². The average Bonchev–Trinajstić information content (AvgIpc) is 3.42. The van der Waals surface area contributed by atoms with Crippen LogP contribution in [0.3, 0.4) is 0 Å². The number of thiazole rings is 1. The molecule has 16 heteroatoms. The molecule has 2 atom stereocenters. The third-order valence-electron chi connectivity index (χ3n) is 4.40. The number of carbonyl (C=O) groups excluding carboxylic acids is 2. The molecule has 1 fully saturated rings. The van der Waals surface area contributed by atoms with Crippen LogP contribution in [-0.2, 0) is 20.1 Å². The number of aromatic amines is 1. The van der Waals surface area contributed by atoms with Gasteiger partial charge in [-0.2, -0.15) is 5.10 Å². The quantitative estimate of drug-likeness (QED) is 0.119. The summed E-state index contributed by atoms with van der Waals surface area (Å²) in [4.78, 5) is 42.2. The zero-order chi connectivity index (χ0) is 22.8. The first-order valence-corrected chi connectivity index (χ1v) is 11.7. The fourth-order valence-corrected chi connectivity index (χ4v) is 6.00. The molecule has 2 amide bonds. The number of rotatable bonds is 7. The molecule has 0 unspecified atom stereocenters. The zero-order valence-electron chi connectivity index (χ0n) is 15.9. The molecular formula is C16H15N7O6S3. The van der Waals surface area contributed by atoms with Crippen LogP contribution in [0.5, 0.6) is 0 Å². The molecule has 4 heterocycles. The van der Waals surface area contributed by atoms with Gasteiger partial charge in [-0.15, -0.1) is 34.9 Å². The number of β-lactam (4-membered cyclic amide) rings is 1. The average molecular weight is 498 g/mol. The molecular weight excluding hydrogens is 482 g/mol. The van der Waals surface area contributed by atoms with E-state index in [1.807, 2.05) is 0 Å². The first kappa shape index (κ1) is 22.0. The number of thioether (sulfide) groups is 2. The first-order valence-electron chi connectivity index (χ1n) is 8.82. The van der Waals surface area contributed by atoms with Crippen molar-refractivity contribution >= 4 is 63.7 Å². The van der Waals surface area contributed by atoms with Crippen molar-refractivity contribution in [3.05, 3.63) is 39.8 Å². The van der Waals surface area contributed by atoms with E-state index in [0.29, 0.717) is 16.4 Å². The highest BCUT2D eigenvalue weighted by molar-refractivity contribution is 8.05. The lowest BCUT2D eigenvalue weighted by Crippen LogP contribution is -2.70. The maximum Gasteiger partial charge on any atom is 0.512 e. The molecule has 168 valence electrons. The highest BCUT2D eigenvalue weighted by Crippen LogP contribution is 2.44. The molecule has 0 spiro atoms. The van der Waals surface area contributed by atoms with Crippen molar-refractivity contribution in [2.24, 2.45) is 5.16 Å². The predicted octanol–water partition coefficient (Wildman–Crippen LogP) is 0.824. The summed E-state index contributed by atoms with van der Waals surface area (Å²) in [5.74, 6) is -0.577. The second-order valence-corrected chi connectivity index (χ2v) is 9.44. The van der Waals surface area contributed by atoms with Crippen LogP contribution in [0.2, 0.25) is 0 Å². The van der Waals surface area contributed by atoms with Crippen LogP contribution < -0.4 is 11.1 Å². The van der Waals surface area contributed by atoms with Crippen molar-refractivity contribution in [3.8, 4) is 0 Å². The lowest BCUT2D eigenvalue weighted by Gasteiger charge is -2.48. The van der Waals surface area contributed by atoms with Gasteiger partial charge in [-0.05, 0) is 0 Å². The number of nitrogens with zero attached hydrogens (tertiary/aromatic N) is 4. The van der Waals surface area contributed by atoms with Gasteiger partial charge in [-0.25, -0.2) is 9.78 Å². The minimum absolute atomic E-state index is 0.0696. The van der Waals surface area contributed by atoms with E-state index in [1.54, 1.807) is 12.4 Å². The number of nitrogens with one attached hydrogen (secondary N) is 2. The Morgan fingerprint density at radius 2 is 2.31 bits per heavy atom. The number of aromatic nitrogens is 3. The van der Waals surface area contributed by atoms with E-state index in [0.717, 1.165) is 16.9 Å². The number of hydrogen-bond acceptors (Lipinski definition) is 12. The Hall–Kier alpha value is -3.24. The number of anilines is 1. The maximum atomic E-state index is 12.8. The summed E-state index contributed by atoms with van der Waals surface area (Å²) in [6.07, 6.45) is 1.80. The minimum atomic E-state index is -1.55. The number of fused-ring (bicyclic) bond motifs is 1. The molecule has 2 aliphatic rings. The largest absolute Gasteiger partial charge is 0.512 e. The van der Waals surface area contributed by atoms with Crippen LogP contribution in [0.25, 0.3) is 0 Å². The number of nitrogen functional groups attached to an aromatic ring is 1. The molecule has 2 aromatic rings. The van der Waals surface area contributed by atoms with E-state index >= 15 is 0 Å². The molecule has 0 aromatic carbocycles. The molecule has 0 radical (unpaired) electrons. The fraction of sp³-hybridized carbons (Fsp3) is 0.250. The van der Waals surface area contributed by atoms with Crippen molar-refractivity contribution in [3.63, 3.8) is 0 Å². The summed E-state index contributed by atoms with van der Waals surface area (Å²) in [6, 6.07) is -0.965. The molecule has 0 saturated carbocycles. The van der Waals surface area contributed by atoms with Gasteiger partial charge >= 0.3 is 6.16 Å². The highest BCUT2D eigenvalue weighted by atomic mass is 32.2. The van der Waals surface area contributed by atoms with E-state index in [9.17, 15) is 19.6 Å². The maximum absolute atomic E-state index is 12.8. The van der Waals surface area contributed by atoms with Gasteiger partial charge in [0.1, 0.15) is 17.1 Å². The number of oxime groups is 1. The number of amides is 2. The highest BCUT2D eigenvalue weighted by Gasteiger charge is 2.54. The second-order valence-electron chi connectivity index (χ2n) is 6.37. The number of carbonyl (C=O) groups is 3. The van der Waals surface area contributed by atoms with Gasteiger partial charge in [0.05, 0.1) is 11.1 Å². The fourth-order valence-electron chi connectivity index (χ4n) is 2.98. The number of H-pyrrole nitrogens is 1. The lowest BCUT2D eigenvalue weighted by molar-refractivity contribution is -0.148. The minimum Gasteiger partial charge on any atom is -0.449 e. The van der Waals surface area contributed by atoms with Crippen LogP contribution in [0, 0.1) is 0 Å². The summed E-state index contributed by atoms with van der Waals surface area (Å²) in [7, 11) is 0. The van der Waals surface area contributed by atoms with Crippen molar-refractivity contribution in [1.29, 1.82) is 0 Å². The third kappa shape index (κ3) is 4.23. The molecule has 2 aliphatic heterocycles. The molecule has 1 saturated heterocycles. The van der Waals surface area contributed by atoms with Gasteiger partial charge in [-0.3, -0.25) is 19.6 Å². The lowest BCUT2D eigenvalue weighted by atomic mass is 10.1. The van der Waals surface area contributed by atoms with Gasteiger partial charge < -0.3 is 26.1 Å². The summed E-state index contributed by atoms with van der Waals surface area (Å²) in [5.41, 5.74) is 6.11. The molecule has 0 bridgehead atoms. The topological polar surface area (TPSA) is 196 Å². The van der Waals surface area contributed by atoms with E-state index < -0.39 is 29.4 Å². The van der Waals surface area contributed by atoms with Crippen LogP contribution in [0.4, 0.5) is 9.93 Å². The molecule has 0 aliphatic carbocycles. The number of carboxylic acid groups (broad SMARTS) is 1. The molecule has 32 heavy (non-hydrogen) atoms. The summed E-state index contributed by atoms with van der Waals surface area (Å²) >= 11 is 3.73. The van der Waals surface area contributed by atoms with Gasteiger partial charge in [-0.1, -0.05) is 5.16 Å². The second kappa shape index (κ2) is 9.09. The van der Waals surface area contributed by atoms with Crippen LogP contribution in [0.1, 0.15) is 11.3 Å². The molecule has 2 aromatic heterocycles. The first-order chi connectivity index (χ1) is 15.4. The van der Waals surface area contributed by atoms with E-state index in [4.69, 9.17) is 15.6 Å². The normalized spacial score (nSPS) is 20.6. The van der Waals surface area contributed by atoms with E-state index in [-0.39, 0.29) is 22.4 Å². The molecule has 13 nitrogen and oxygen atoms in total.